The number of hydrogen-bond donors (Lipinski definition) is 0. The van der Waals surface area contributed by atoms with E-state index >= 15 is 0 Å². The molecule has 9 aromatic heterocycles. The molecule has 0 bridgehead atoms. The molecule has 6 aliphatic rings. The zero-order valence-corrected chi connectivity index (χ0v) is 71.9. The predicted molar refractivity (Wildman–Crippen MR) is 505 cm³/mol. The molecular formula is C107H78N14OSSe2. The molecular weight excluding hydrogens is 1690 g/mol. The molecule has 0 spiro atoms. The van der Waals surface area contributed by atoms with Crippen LogP contribution in [0.4, 0.5) is 34.1 Å². The van der Waals surface area contributed by atoms with Crippen molar-refractivity contribution in [3.8, 4) is 87.3 Å². The van der Waals surface area contributed by atoms with Crippen molar-refractivity contribution in [1.82, 2.24) is 44.9 Å². The van der Waals surface area contributed by atoms with Crippen molar-refractivity contribution in [2.75, 3.05) is 14.7 Å². The molecule has 0 saturated carbocycles. The normalized spacial score (nSPS) is 14.8. The molecule has 3 unspecified atom stereocenters. The standard InChI is InChI=1S/C22H17N3.C22H16N2Se.C21H15N3O.C21H15N3S.C21H15N3Se/c1-2-7-15(8-3-1)19-13-20-21(18-11-5-4-10-17(18)19)25-22(24-20)16-9-6-12-23-14-16;1-2-7-15(8-3-1)19-13-20-21(18-11-5-4-10-17(18)19)24-22(25-20)16-9-6-12-23-14-16;3*1-2-8-16(9-3-1)24-14-19-20(17-10-4-5-11-18(17)24)23-21(25-19)15-7-6-12-22-13-15/h1-12,14,19,21H,13H2;1-12,14,19H,13H2;3*1-13H,14H2. The van der Waals surface area contributed by atoms with Crippen molar-refractivity contribution in [2.24, 2.45) is 9.98 Å². The molecule has 0 saturated heterocycles. The van der Waals surface area contributed by atoms with Crippen LogP contribution in [0.5, 0.6) is 0 Å². The van der Waals surface area contributed by atoms with Gasteiger partial charge >= 0.3 is 305 Å². The van der Waals surface area contributed by atoms with Crippen LogP contribution in [0.1, 0.15) is 77.2 Å². The Morgan fingerprint density at radius 1 is 0.320 bits per heavy atom. The average molecular weight is 1770 g/mol. The van der Waals surface area contributed by atoms with Gasteiger partial charge in [-0.1, -0.05) is 127 Å². The Morgan fingerprint density at radius 3 is 1.27 bits per heavy atom. The topological polar surface area (TPSA) is 164 Å². The first kappa shape index (κ1) is 77.7. The van der Waals surface area contributed by atoms with Gasteiger partial charge in [0.1, 0.15) is 16.7 Å². The quantitative estimate of drug-likeness (QED) is 0.119. The Balaban J connectivity index is 0.0000000956. The van der Waals surface area contributed by atoms with E-state index in [9.17, 15) is 0 Å². The molecule has 15 nitrogen and oxygen atoms in total. The van der Waals surface area contributed by atoms with Gasteiger partial charge in [0.25, 0.3) is 0 Å². The van der Waals surface area contributed by atoms with Crippen molar-refractivity contribution >= 4 is 86.0 Å². The Labute approximate surface area is 740 Å². The fourth-order valence-electron chi connectivity index (χ4n) is 17.2. The van der Waals surface area contributed by atoms with Gasteiger partial charge in [-0.3, -0.25) is 19.9 Å². The van der Waals surface area contributed by atoms with Gasteiger partial charge in [-0.2, -0.15) is 0 Å². The minimum atomic E-state index is 0.0476. The summed E-state index contributed by atoms with van der Waals surface area (Å²) in [6.07, 6.45) is 20.3. The number of pyridine rings is 5. The summed E-state index contributed by atoms with van der Waals surface area (Å²) in [6, 6.07) is 116. The second-order valence-corrected chi connectivity index (χ2v) is 36.3. The molecule has 0 amide bonds. The van der Waals surface area contributed by atoms with Crippen LogP contribution in [-0.4, -0.2) is 85.4 Å². The number of aromatic nitrogens is 9. The summed E-state index contributed by atoms with van der Waals surface area (Å²) in [7, 11) is 0. The van der Waals surface area contributed by atoms with Crippen LogP contribution < -0.4 is 14.7 Å². The second kappa shape index (κ2) is 35.5. The average Bonchev–Trinajstić information content (AvgIpc) is 1.69. The maximum Gasteiger partial charge on any atom is 0.228 e. The van der Waals surface area contributed by atoms with Crippen LogP contribution in [0.3, 0.4) is 0 Å². The molecule has 18 heteroatoms. The number of benzene rings is 10. The van der Waals surface area contributed by atoms with Gasteiger partial charge in [0.2, 0.25) is 5.89 Å². The summed E-state index contributed by atoms with van der Waals surface area (Å²) >= 11 is 2.27. The monoisotopic (exact) mass is 1770 g/mol. The van der Waals surface area contributed by atoms with E-state index in [4.69, 9.17) is 34.3 Å². The Morgan fingerprint density at radius 2 is 0.736 bits per heavy atom. The first-order valence-electron chi connectivity index (χ1n) is 41.7. The molecule has 19 aromatic rings. The van der Waals surface area contributed by atoms with E-state index in [1.165, 1.54) is 102 Å². The van der Waals surface area contributed by atoms with Crippen LogP contribution >= 0.6 is 11.3 Å². The Hall–Kier alpha value is -14.6. The molecule has 0 N–H and O–H groups in total. The number of rotatable bonds is 10. The van der Waals surface area contributed by atoms with Gasteiger partial charge in [-0.05, 0) is 95.9 Å². The minimum Gasteiger partial charge on any atom is -0.439 e. The number of amidine groups is 1. The third-order valence-electron chi connectivity index (χ3n) is 23.1. The van der Waals surface area contributed by atoms with E-state index in [1.807, 2.05) is 91.8 Å². The SMILES string of the molecule is c1ccc(C2CC3=NC(c4cccnc4)=NC3c3ccccc32)cc1.c1ccc(C2Cc3[se]c(-c4cccnc4)nc3-c3ccccc32)cc1.c1ccc(N2Cc3[se]c(-c4cccnc4)nc3-c3ccccc32)cc1.c1ccc(N2Cc3oc(-c4cccnc4)nc3-c3ccccc32)cc1.c1ccc(N2Cc3sc(-c4cccnc4)nc3-c3ccccc32)cc1. The van der Waals surface area contributed by atoms with Crippen molar-refractivity contribution in [3.05, 3.63) is 449 Å². The molecule has 0 radical (unpaired) electrons. The van der Waals surface area contributed by atoms with Crippen molar-refractivity contribution in [3.63, 3.8) is 0 Å². The van der Waals surface area contributed by atoms with E-state index in [2.05, 4.69) is 319 Å². The first-order valence-corrected chi connectivity index (χ1v) is 45.9. The first-order chi connectivity index (χ1) is 62.0. The smallest absolute Gasteiger partial charge is 0.228 e. The third-order valence-corrected chi connectivity index (χ3v) is 28.8. The molecule has 10 aromatic carbocycles. The van der Waals surface area contributed by atoms with E-state index < -0.39 is 0 Å². The second-order valence-electron chi connectivity index (χ2n) is 30.7. The number of thiazole rings is 1. The molecule has 25 rings (SSSR count). The maximum atomic E-state index is 6.11. The largest absolute Gasteiger partial charge is 0.439 e. The van der Waals surface area contributed by atoms with Gasteiger partial charge in [-0.15, -0.1) is 11.3 Å². The Bertz CT molecular complexity index is 6370. The van der Waals surface area contributed by atoms with Crippen LogP contribution in [0.25, 0.3) is 87.3 Å². The fourth-order valence-corrected chi connectivity index (χ4v) is 22.8. The molecule has 125 heavy (non-hydrogen) atoms. The summed E-state index contributed by atoms with van der Waals surface area (Å²) in [6.45, 7) is 2.40. The maximum absolute atomic E-state index is 6.11. The summed E-state index contributed by atoms with van der Waals surface area (Å²) in [4.78, 5) is 59.0. The minimum absolute atomic E-state index is 0.0476. The summed E-state index contributed by atoms with van der Waals surface area (Å²) in [5.41, 5.74) is 29.6. The third kappa shape index (κ3) is 16.0. The summed E-state index contributed by atoms with van der Waals surface area (Å²) < 4.78 is 11.4. The van der Waals surface area contributed by atoms with E-state index in [-0.39, 0.29) is 35.0 Å². The molecule has 600 valence electrons. The van der Waals surface area contributed by atoms with Crippen LogP contribution in [0, 0.1) is 0 Å². The molecule has 4 aliphatic heterocycles. The van der Waals surface area contributed by atoms with Crippen LogP contribution in [0.15, 0.2) is 410 Å². The summed E-state index contributed by atoms with van der Waals surface area (Å²) in [5.74, 6) is 3.07. The van der Waals surface area contributed by atoms with Crippen LogP contribution in [0.2, 0.25) is 0 Å². The number of nitrogens with zero attached hydrogens (tertiary/aromatic N) is 14. The van der Waals surface area contributed by atoms with Crippen molar-refractivity contribution in [1.29, 1.82) is 0 Å². The summed E-state index contributed by atoms with van der Waals surface area (Å²) in [5, 5.41) is 1.03. The zero-order valence-electron chi connectivity index (χ0n) is 67.7. The van der Waals surface area contributed by atoms with Gasteiger partial charge in [0.05, 0.1) is 46.3 Å². The van der Waals surface area contributed by atoms with Gasteiger partial charge in [-0.25, -0.2) is 15.0 Å². The van der Waals surface area contributed by atoms with Gasteiger partial charge in [0, 0.05) is 76.7 Å². The number of oxazole rings is 1. The van der Waals surface area contributed by atoms with Crippen molar-refractivity contribution < 1.29 is 4.42 Å². The Kier molecular flexibility index (Phi) is 22.0. The number of fused-ring (bicyclic) bond motifs is 15. The number of hydrogen-bond acceptors (Lipinski definition) is 16. The molecule has 2 aliphatic carbocycles. The molecule has 3 atom stereocenters. The number of anilines is 6. The zero-order chi connectivity index (χ0) is 83.2. The predicted octanol–water partition coefficient (Wildman–Crippen LogP) is 24.2. The number of para-hydroxylation sites is 6. The van der Waals surface area contributed by atoms with E-state index in [1.54, 1.807) is 36.1 Å². The fraction of sp³-hybridized carbons (Fsp3) is 0.0748. The van der Waals surface area contributed by atoms with E-state index in [0.29, 0.717) is 24.3 Å². The molecule has 0 fully saturated rings. The van der Waals surface area contributed by atoms with Crippen LogP contribution in [-0.2, 0) is 26.1 Å². The van der Waals surface area contributed by atoms with Gasteiger partial charge < -0.3 is 14.2 Å². The van der Waals surface area contributed by atoms with Crippen molar-refractivity contribution in [2.45, 2.75) is 50.4 Å². The number of aliphatic imine (C=N–C) groups is 2. The van der Waals surface area contributed by atoms with E-state index in [0.717, 1.165) is 104 Å². The van der Waals surface area contributed by atoms with Gasteiger partial charge in [0.15, 0.2) is 11.6 Å². The molecule has 13 heterocycles.